The van der Waals surface area contributed by atoms with E-state index in [9.17, 15) is 15.1 Å². The van der Waals surface area contributed by atoms with Crippen molar-refractivity contribution in [3.8, 4) is 0 Å². The van der Waals surface area contributed by atoms with Gasteiger partial charge in [0.1, 0.15) is 5.69 Å². The zero-order valence-electron chi connectivity index (χ0n) is 11.8. The highest BCUT2D eigenvalue weighted by Gasteiger charge is 2.25. The maximum atomic E-state index is 10.6. The van der Waals surface area contributed by atoms with Crippen molar-refractivity contribution in [2.45, 2.75) is 32.2 Å². The van der Waals surface area contributed by atoms with Crippen molar-refractivity contribution in [3.63, 3.8) is 0 Å². The van der Waals surface area contributed by atoms with Crippen LogP contribution in [0.5, 0.6) is 0 Å². The van der Waals surface area contributed by atoms with Gasteiger partial charge in [-0.15, -0.1) is 4.91 Å². The van der Waals surface area contributed by atoms with E-state index in [0.29, 0.717) is 18.7 Å². The van der Waals surface area contributed by atoms with Crippen LogP contribution in [0.25, 0.3) is 10.9 Å². The van der Waals surface area contributed by atoms with E-state index < -0.39 is 0 Å². The summed E-state index contributed by atoms with van der Waals surface area (Å²) < 4.78 is 2.04. The number of hydrogen-bond acceptors (Lipinski definition) is 4. The van der Waals surface area contributed by atoms with Gasteiger partial charge >= 0.3 is 0 Å². The highest BCUT2D eigenvalue weighted by Crippen LogP contribution is 2.33. The number of hydrogen-bond donors (Lipinski definition) is 2. The Balaban J connectivity index is 2.63. The van der Waals surface area contributed by atoms with Crippen molar-refractivity contribution in [3.05, 3.63) is 34.9 Å². The van der Waals surface area contributed by atoms with Gasteiger partial charge in [0, 0.05) is 35.2 Å². The lowest BCUT2D eigenvalue weighted by Gasteiger charge is -2.26. The van der Waals surface area contributed by atoms with E-state index in [1.165, 1.54) is 0 Å². The molecule has 0 saturated carbocycles. The fourth-order valence-corrected chi connectivity index (χ4v) is 2.62. The second-order valence-corrected chi connectivity index (χ2v) is 5.60. The smallest absolute Gasteiger partial charge is 0.108 e. The van der Waals surface area contributed by atoms with Gasteiger partial charge < -0.3 is 14.8 Å². The van der Waals surface area contributed by atoms with E-state index in [-0.39, 0.29) is 18.6 Å². The first-order valence-electron chi connectivity index (χ1n) is 6.72. The first-order valence-corrected chi connectivity index (χ1v) is 6.72. The van der Waals surface area contributed by atoms with Crippen LogP contribution in [0.4, 0.5) is 5.69 Å². The van der Waals surface area contributed by atoms with Crippen LogP contribution in [0, 0.1) is 4.91 Å². The normalized spacial score (nSPS) is 12.0. The minimum Gasteiger partial charge on any atom is -0.396 e. The Labute approximate surface area is 117 Å². The lowest BCUT2D eigenvalue weighted by Crippen LogP contribution is -2.23. The summed E-state index contributed by atoms with van der Waals surface area (Å²) in [4.78, 5) is 10.6. The number of nitroso groups, excluding NO2 is 1. The molecule has 0 aliphatic heterocycles. The molecule has 0 spiro atoms. The molecule has 2 rings (SSSR count). The van der Waals surface area contributed by atoms with Gasteiger partial charge in [-0.2, -0.15) is 0 Å². The minimum atomic E-state index is -0.211. The molecule has 1 aromatic heterocycles. The molecule has 0 atom stereocenters. The van der Waals surface area contributed by atoms with E-state index >= 15 is 0 Å². The summed E-state index contributed by atoms with van der Waals surface area (Å²) in [6.45, 7) is 4.75. The first kappa shape index (κ1) is 14.7. The summed E-state index contributed by atoms with van der Waals surface area (Å²) in [5.41, 5.74) is 2.19. The predicted octanol–water partition coefficient (Wildman–Crippen LogP) is 2.69. The van der Waals surface area contributed by atoms with Crippen molar-refractivity contribution >= 4 is 16.6 Å². The summed E-state index contributed by atoms with van der Waals surface area (Å²) in [6, 6.07) is 7.27. The topological polar surface area (TPSA) is 74.8 Å². The zero-order valence-corrected chi connectivity index (χ0v) is 11.8. The highest BCUT2D eigenvalue weighted by molar-refractivity contribution is 5.84. The summed E-state index contributed by atoms with van der Waals surface area (Å²) in [7, 11) is 0. The van der Waals surface area contributed by atoms with E-state index in [1.807, 2.05) is 16.7 Å². The minimum absolute atomic E-state index is 0.0413. The third-order valence-corrected chi connectivity index (χ3v) is 3.74. The monoisotopic (exact) mass is 276 g/mol. The number of fused-ring (bicyclic) bond motifs is 1. The van der Waals surface area contributed by atoms with E-state index in [0.717, 1.165) is 16.6 Å². The Morgan fingerprint density at radius 1 is 1.20 bits per heavy atom. The van der Waals surface area contributed by atoms with E-state index in [1.54, 1.807) is 12.1 Å². The van der Waals surface area contributed by atoms with Crippen molar-refractivity contribution in [2.75, 3.05) is 13.2 Å². The van der Waals surface area contributed by atoms with Crippen LogP contribution in [-0.4, -0.2) is 28.0 Å². The Bertz CT molecular complexity index is 617. The Morgan fingerprint density at radius 2 is 1.95 bits per heavy atom. The third-order valence-electron chi connectivity index (χ3n) is 3.74. The average Bonchev–Trinajstić information content (AvgIpc) is 2.78. The number of aliphatic hydroxyl groups excluding tert-OH is 2. The van der Waals surface area contributed by atoms with Crippen molar-refractivity contribution in [2.24, 2.45) is 5.18 Å². The van der Waals surface area contributed by atoms with Crippen molar-refractivity contribution in [1.82, 2.24) is 4.57 Å². The molecule has 0 radical (unpaired) electrons. The van der Waals surface area contributed by atoms with Crippen LogP contribution in [0.3, 0.4) is 0 Å². The van der Waals surface area contributed by atoms with Crippen LogP contribution in [0.1, 0.15) is 26.0 Å². The molecule has 1 heterocycles. The van der Waals surface area contributed by atoms with Gasteiger partial charge in [-0.05, 0) is 35.9 Å². The molecule has 0 bridgehead atoms. The number of benzene rings is 1. The van der Waals surface area contributed by atoms with Crippen LogP contribution < -0.4 is 0 Å². The molecule has 5 nitrogen and oxygen atoms in total. The molecule has 0 aliphatic carbocycles. The summed E-state index contributed by atoms with van der Waals surface area (Å²) in [5.74, 6) is 0. The largest absolute Gasteiger partial charge is 0.396 e. The molecule has 5 heteroatoms. The van der Waals surface area contributed by atoms with Gasteiger partial charge in [-0.1, -0.05) is 13.8 Å². The van der Waals surface area contributed by atoms with Gasteiger partial charge in [-0.25, -0.2) is 0 Å². The molecule has 0 saturated heterocycles. The molecule has 0 unspecified atom stereocenters. The highest BCUT2D eigenvalue weighted by atomic mass is 16.3. The standard InChI is InChI=1S/C15H20N2O3/c1-15(2,5-7-18)14-10-11-9-12(16-20)3-4-13(11)17(14)6-8-19/h3-4,9-10,18-19H,5-8H2,1-2H3. The summed E-state index contributed by atoms with van der Waals surface area (Å²) in [5, 5.41) is 22.4. The quantitative estimate of drug-likeness (QED) is 0.796. The van der Waals surface area contributed by atoms with Crippen molar-refractivity contribution in [1.29, 1.82) is 0 Å². The SMILES string of the molecule is CC(C)(CCO)c1cc2cc(N=O)ccc2n1CCO. The van der Waals surface area contributed by atoms with E-state index in [2.05, 4.69) is 19.0 Å². The number of nitrogens with zero attached hydrogens (tertiary/aromatic N) is 2. The summed E-state index contributed by atoms with van der Waals surface area (Å²) in [6.07, 6.45) is 0.632. The summed E-state index contributed by atoms with van der Waals surface area (Å²) >= 11 is 0. The number of aromatic nitrogens is 1. The maximum absolute atomic E-state index is 10.6. The van der Waals surface area contributed by atoms with Gasteiger partial charge in [0.2, 0.25) is 0 Å². The van der Waals surface area contributed by atoms with Crippen LogP contribution in [0.2, 0.25) is 0 Å². The van der Waals surface area contributed by atoms with Gasteiger partial charge in [0.15, 0.2) is 0 Å². The number of aliphatic hydroxyl groups is 2. The lowest BCUT2D eigenvalue weighted by atomic mass is 9.85. The maximum Gasteiger partial charge on any atom is 0.108 e. The third kappa shape index (κ3) is 2.59. The molecule has 1 aromatic carbocycles. The van der Waals surface area contributed by atoms with Gasteiger partial charge in [0.25, 0.3) is 0 Å². The lowest BCUT2D eigenvalue weighted by molar-refractivity contribution is 0.242. The zero-order chi connectivity index (χ0) is 14.8. The molecule has 0 amide bonds. The molecule has 2 N–H and O–H groups in total. The predicted molar refractivity (Wildman–Crippen MR) is 79.2 cm³/mol. The molecule has 0 fully saturated rings. The Kier molecular flexibility index (Phi) is 4.20. The molecule has 20 heavy (non-hydrogen) atoms. The molecule has 0 aliphatic rings. The fourth-order valence-electron chi connectivity index (χ4n) is 2.62. The van der Waals surface area contributed by atoms with Crippen molar-refractivity contribution < 1.29 is 10.2 Å². The van der Waals surface area contributed by atoms with Crippen LogP contribution in [0.15, 0.2) is 29.4 Å². The van der Waals surface area contributed by atoms with Crippen LogP contribution in [-0.2, 0) is 12.0 Å². The molecule has 108 valence electrons. The molecular formula is C15H20N2O3. The Hall–Kier alpha value is -1.72. The van der Waals surface area contributed by atoms with Crippen LogP contribution >= 0.6 is 0 Å². The van der Waals surface area contributed by atoms with Gasteiger partial charge in [-0.3, -0.25) is 0 Å². The number of rotatable bonds is 6. The molecule has 2 aromatic rings. The average molecular weight is 276 g/mol. The van der Waals surface area contributed by atoms with E-state index in [4.69, 9.17) is 0 Å². The fraction of sp³-hybridized carbons (Fsp3) is 0.467. The molecular weight excluding hydrogens is 256 g/mol. The first-order chi connectivity index (χ1) is 9.53. The second kappa shape index (κ2) is 5.73. The van der Waals surface area contributed by atoms with Gasteiger partial charge in [0.05, 0.1) is 6.61 Å². The second-order valence-electron chi connectivity index (χ2n) is 5.60. The Morgan fingerprint density at radius 3 is 2.55 bits per heavy atom.